The third kappa shape index (κ3) is 1.78. The Kier molecular flexibility index (Phi) is 2.53. The Bertz CT molecular complexity index is 272. The van der Waals surface area contributed by atoms with Crippen molar-refractivity contribution < 1.29 is 14.6 Å². The van der Waals surface area contributed by atoms with Gasteiger partial charge in [-0.05, 0) is 24.2 Å². The van der Waals surface area contributed by atoms with Crippen LogP contribution in [-0.4, -0.2) is 23.8 Å². The van der Waals surface area contributed by atoms with Gasteiger partial charge in [0.15, 0.2) is 0 Å². The maximum atomic E-state index is 11.1. The number of carbonyl (C=O) groups is 1. The Balaban J connectivity index is 2.03. The van der Waals surface area contributed by atoms with Crippen LogP contribution in [0.15, 0.2) is 0 Å². The van der Waals surface area contributed by atoms with Gasteiger partial charge in [-0.3, -0.25) is 4.79 Å². The topological polar surface area (TPSA) is 46.5 Å². The van der Waals surface area contributed by atoms with Gasteiger partial charge in [0, 0.05) is 12.5 Å². The zero-order valence-corrected chi connectivity index (χ0v) is 9.69. The van der Waals surface area contributed by atoms with Gasteiger partial charge in [-0.2, -0.15) is 0 Å². The maximum Gasteiger partial charge on any atom is 0.307 e. The molecule has 3 nitrogen and oxygen atoms in total. The summed E-state index contributed by atoms with van der Waals surface area (Å²) in [4.78, 5) is 11.1. The molecule has 15 heavy (non-hydrogen) atoms. The van der Waals surface area contributed by atoms with E-state index in [0.29, 0.717) is 5.92 Å². The number of ether oxygens (including phenoxy) is 1. The van der Waals surface area contributed by atoms with Gasteiger partial charge in [0.1, 0.15) is 0 Å². The van der Waals surface area contributed by atoms with E-state index in [1.54, 1.807) is 0 Å². The van der Waals surface area contributed by atoms with Crippen molar-refractivity contribution in [2.24, 2.45) is 23.2 Å². The predicted octanol–water partition coefficient (Wildman–Crippen LogP) is 2.16. The molecular formula is C12H20O3. The molecule has 1 N–H and O–H groups in total. The number of carboxylic acids is 1. The van der Waals surface area contributed by atoms with E-state index in [-0.39, 0.29) is 23.4 Å². The quantitative estimate of drug-likeness (QED) is 0.763. The van der Waals surface area contributed by atoms with Crippen molar-refractivity contribution >= 4 is 5.97 Å². The summed E-state index contributed by atoms with van der Waals surface area (Å²) in [6, 6.07) is 0. The highest BCUT2D eigenvalue weighted by Crippen LogP contribution is 2.61. The summed E-state index contributed by atoms with van der Waals surface area (Å²) in [6.45, 7) is 7.10. The molecular weight excluding hydrogens is 192 g/mol. The molecule has 0 spiro atoms. The van der Waals surface area contributed by atoms with Crippen LogP contribution in [0.4, 0.5) is 0 Å². The molecule has 1 aliphatic heterocycles. The van der Waals surface area contributed by atoms with Crippen LogP contribution < -0.4 is 0 Å². The fourth-order valence-electron chi connectivity index (χ4n) is 3.10. The first-order valence-electron chi connectivity index (χ1n) is 5.79. The fourth-order valence-corrected chi connectivity index (χ4v) is 3.10. The second-order valence-electron chi connectivity index (χ2n) is 5.70. The number of rotatable bonds is 2. The first-order valence-corrected chi connectivity index (χ1v) is 5.79. The minimum absolute atomic E-state index is 0.0758. The fraction of sp³-hybridized carbons (Fsp3) is 0.917. The molecule has 2 rings (SSSR count). The molecule has 3 heteroatoms. The van der Waals surface area contributed by atoms with Crippen LogP contribution in [0, 0.1) is 23.2 Å². The molecule has 2 aliphatic rings. The lowest BCUT2D eigenvalue weighted by atomic mass is 9.92. The summed E-state index contributed by atoms with van der Waals surface area (Å²) in [6.07, 6.45) is 2.31. The summed E-state index contributed by atoms with van der Waals surface area (Å²) in [5.41, 5.74) is -0.0758. The highest BCUT2D eigenvalue weighted by molar-refractivity contribution is 5.75. The number of hydrogen-bond acceptors (Lipinski definition) is 2. The van der Waals surface area contributed by atoms with Gasteiger partial charge in [0.2, 0.25) is 0 Å². The van der Waals surface area contributed by atoms with Crippen LogP contribution >= 0.6 is 0 Å². The second kappa shape index (κ2) is 3.48. The molecule has 0 bridgehead atoms. The molecule has 0 unspecified atom stereocenters. The third-order valence-electron chi connectivity index (χ3n) is 4.15. The minimum Gasteiger partial charge on any atom is -0.481 e. The Morgan fingerprint density at radius 2 is 2.13 bits per heavy atom. The van der Waals surface area contributed by atoms with Crippen molar-refractivity contribution in [3.05, 3.63) is 0 Å². The van der Waals surface area contributed by atoms with Crippen molar-refractivity contribution in [1.82, 2.24) is 0 Å². The van der Waals surface area contributed by atoms with Crippen molar-refractivity contribution in [3.63, 3.8) is 0 Å². The van der Waals surface area contributed by atoms with Crippen molar-refractivity contribution in [1.29, 1.82) is 0 Å². The highest BCUT2D eigenvalue weighted by Gasteiger charge is 2.65. The van der Waals surface area contributed by atoms with Crippen molar-refractivity contribution in [2.75, 3.05) is 6.61 Å². The highest BCUT2D eigenvalue weighted by atomic mass is 16.5. The Hall–Kier alpha value is -0.570. The Morgan fingerprint density at radius 1 is 1.47 bits per heavy atom. The zero-order valence-electron chi connectivity index (χ0n) is 9.69. The van der Waals surface area contributed by atoms with Gasteiger partial charge in [-0.15, -0.1) is 0 Å². The molecule has 0 amide bonds. The first kappa shape index (κ1) is 10.9. The predicted molar refractivity (Wildman–Crippen MR) is 56.5 cm³/mol. The largest absolute Gasteiger partial charge is 0.481 e. The van der Waals surface area contributed by atoms with Crippen LogP contribution in [0.3, 0.4) is 0 Å². The second-order valence-corrected chi connectivity index (χ2v) is 5.70. The lowest BCUT2D eigenvalue weighted by Gasteiger charge is -2.28. The van der Waals surface area contributed by atoms with E-state index < -0.39 is 5.97 Å². The van der Waals surface area contributed by atoms with E-state index in [0.717, 1.165) is 19.4 Å². The molecule has 86 valence electrons. The summed E-state index contributed by atoms with van der Waals surface area (Å²) >= 11 is 0. The van der Waals surface area contributed by atoms with Crippen molar-refractivity contribution in [3.8, 4) is 0 Å². The maximum absolute atomic E-state index is 11.1. The molecule has 0 radical (unpaired) electrons. The molecule has 0 aromatic heterocycles. The summed E-state index contributed by atoms with van der Waals surface area (Å²) in [5.74, 6) is 0.0342. The van der Waals surface area contributed by atoms with Gasteiger partial charge in [0.05, 0.1) is 12.0 Å². The van der Waals surface area contributed by atoms with E-state index in [2.05, 4.69) is 6.92 Å². The number of aliphatic carboxylic acids is 1. The molecule has 0 aromatic rings. The number of carboxylic acid groups (broad SMARTS) is 1. The Labute approximate surface area is 90.8 Å². The van der Waals surface area contributed by atoms with Gasteiger partial charge in [-0.1, -0.05) is 20.8 Å². The van der Waals surface area contributed by atoms with Crippen LogP contribution in [0.2, 0.25) is 0 Å². The molecule has 2 fully saturated rings. The average Bonchev–Trinajstić information content (AvgIpc) is 2.69. The van der Waals surface area contributed by atoms with E-state index in [9.17, 15) is 4.79 Å². The van der Waals surface area contributed by atoms with Gasteiger partial charge in [-0.25, -0.2) is 0 Å². The van der Waals surface area contributed by atoms with Gasteiger partial charge < -0.3 is 9.84 Å². The normalized spacial score (nSPS) is 43.7. The molecule has 1 saturated heterocycles. The summed E-state index contributed by atoms with van der Waals surface area (Å²) in [5, 5.41) is 9.10. The average molecular weight is 212 g/mol. The number of hydrogen-bond donors (Lipinski definition) is 1. The van der Waals surface area contributed by atoms with Crippen LogP contribution in [0.5, 0.6) is 0 Å². The Morgan fingerprint density at radius 3 is 2.60 bits per heavy atom. The van der Waals surface area contributed by atoms with Crippen LogP contribution in [-0.2, 0) is 9.53 Å². The smallest absolute Gasteiger partial charge is 0.307 e. The lowest BCUT2D eigenvalue weighted by Crippen LogP contribution is -2.28. The van der Waals surface area contributed by atoms with E-state index >= 15 is 0 Å². The monoisotopic (exact) mass is 212 g/mol. The summed E-state index contributed by atoms with van der Waals surface area (Å²) < 4.78 is 5.72. The van der Waals surface area contributed by atoms with E-state index in [1.165, 1.54) is 0 Å². The molecule has 1 aliphatic carbocycles. The van der Waals surface area contributed by atoms with Crippen LogP contribution in [0.1, 0.15) is 33.6 Å². The standard InChI is InChI=1S/C12H20O3/c1-7-4-5-15-8(6-7)9-10(11(13)14)12(9,2)3/h7-10H,4-6H2,1-3H3,(H,13,14)/t7-,8+,9+,10-/m1/s1. The van der Waals surface area contributed by atoms with E-state index in [4.69, 9.17) is 9.84 Å². The molecule has 1 saturated carbocycles. The molecule has 1 heterocycles. The first-order chi connectivity index (χ1) is 6.94. The molecule has 0 aromatic carbocycles. The third-order valence-corrected chi connectivity index (χ3v) is 4.15. The van der Waals surface area contributed by atoms with Crippen molar-refractivity contribution in [2.45, 2.75) is 39.7 Å². The molecule has 4 atom stereocenters. The van der Waals surface area contributed by atoms with Crippen LogP contribution in [0.25, 0.3) is 0 Å². The zero-order chi connectivity index (χ0) is 11.2. The lowest BCUT2D eigenvalue weighted by molar-refractivity contribution is -0.140. The van der Waals surface area contributed by atoms with Gasteiger partial charge in [0.25, 0.3) is 0 Å². The van der Waals surface area contributed by atoms with E-state index in [1.807, 2.05) is 13.8 Å². The van der Waals surface area contributed by atoms with Gasteiger partial charge >= 0.3 is 5.97 Å². The SMILES string of the molecule is C[C@@H]1CCO[C@H]([C@H]2[C@H](C(=O)O)C2(C)C)C1. The summed E-state index contributed by atoms with van der Waals surface area (Å²) in [7, 11) is 0. The minimum atomic E-state index is -0.660.